The molecule has 4 aliphatic rings. The van der Waals surface area contributed by atoms with Crippen molar-refractivity contribution in [2.24, 2.45) is 5.92 Å². The first kappa shape index (κ1) is 35.6. The molecule has 6 atom stereocenters. The second kappa shape index (κ2) is 14.4. The number of benzene rings is 4. The fourth-order valence-electron chi connectivity index (χ4n) is 9.19. The highest BCUT2D eigenvalue weighted by Crippen LogP contribution is 2.64. The zero-order valence-electron chi connectivity index (χ0n) is 29.7. The van der Waals surface area contributed by atoms with Crippen LogP contribution in [0, 0.1) is 17.8 Å². The van der Waals surface area contributed by atoms with Crippen LogP contribution in [0.5, 0.6) is 5.75 Å². The van der Waals surface area contributed by atoms with Gasteiger partial charge in [0.25, 0.3) is 0 Å². The maximum absolute atomic E-state index is 14.9. The molecule has 3 heterocycles. The summed E-state index contributed by atoms with van der Waals surface area (Å²) < 4.78 is 12.0. The molecule has 3 fully saturated rings. The molecule has 0 bridgehead atoms. The first-order valence-electron chi connectivity index (χ1n) is 18.6. The van der Waals surface area contributed by atoms with Crippen molar-refractivity contribution in [3.05, 3.63) is 131 Å². The van der Waals surface area contributed by atoms with Crippen LogP contribution in [0.25, 0.3) is 0 Å². The summed E-state index contributed by atoms with van der Waals surface area (Å²) in [5.74, 6) is 2.59. The molecule has 8 rings (SSSR count). The summed E-state index contributed by atoms with van der Waals surface area (Å²) in [6.45, 7) is -0.0953. The Kier molecular flexibility index (Phi) is 9.48. The maximum atomic E-state index is 14.9. The van der Waals surface area contributed by atoms with Crippen molar-refractivity contribution < 1.29 is 39.2 Å². The highest BCUT2D eigenvalue weighted by atomic mass is 16.6. The van der Waals surface area contributed by atoms with Crippen molar-refractivity contribution in [3.63, 3.8) is 0 Å². The molecule has 1 saturated carbocycles. The third-order valence-corrected chi connectivity index (χ3v) is 11.5. The van der Waals surface area contributed by atoms with Crippen LogP contribution in [0.2, 0.25) is 0 Å². The Labute approximate surface area is 313 Å². The van der Waals surface area contributed by atoms with Crippen LogP contribution >= 0.6 is 0 Å². The molecule has 1 amide bonds. The Balaban J connectivity index is 1.36. The monoisotopic (exact) mass is 726 g/mol. The number of nitrogens with zero attached hydrogens (tertiary/aromatic N) is 1. The number of amides is 1. The van der Waals surface area contributed by atoms with Crippen LogP contribution in [0.4, 0.5) is 5.69 Å². The highest BCUT2D eigenvalue weighted by molar-refractivity contribution is 6.11. The number of hydrogen-bond donors (Lipinski definition) is 4. The summed E-state index contributed by atoms with van der Waals surface area (Å²) in [7, 11) is 0. The van der Waals surface area contributed by atoms with Crippen LogP contribution in [0.3, 0.4) is 0 Å². The number of aliphatic carboxylic acids is 1. The third-order valence-electron chi connectivity index (χ3n) is 11.5. The number of ether oxygens (including phenoxy) is 2. The zero-order chi connectivity index (χ0) is 37.5. The van der Waals surface area contributed by atoms with E-state index in [-0.39, 0.29) is 13.2 Å². The molecule has 0 aromatic heterocycles. The van der Waals surface area contributed by atoms with E-state index < -0.39 is 59.0 Å². The molecule has 6 unspecified atom stereocenters. The molecule has 4 aromatic carbocycles. The standard InChI is InChI=1S/C44H42N2O8/c47-25-26-53-32-18-16-31(17-19-32)39-44(33-27-28(15-20-34(33)45-42(44)51)21-24-43(52)22-9-1-2-10-23-43)35(40(48)49)37-41(50)54-38(30-13-7-4-8-14-30)36(46(37)39)29-11-5-3-6-12-29/h3-8,11-20,27,35-39,47,52H,1-2,9-10,22-23,25-26H2,(H,45,51)(H,48,49). The molecule has 54 heavy (non-hydrogen) atoms. The van der Waals surface area contributed by atoms with Gasteiger partial charge < -0.3 is 30.1 Å². The number of aliphatic hydroxyl groups excluding tert-OH is 1. The SMILES string of the molecule is O=C1OC(c2ccccc2)C(c2ccccc2)N2C1C(C(=O)O)C1(C(=O)Nc3ccc(C#CC4(O)CCCCCC4)cc31)C2c1ccc(OCCO)cc1. The van der Waals surface area contributed by atoms with E-state index >= 15 is 0 Å². The number of carboxylic acids is 1. The van der Waals surface area contributed by atoms with Gasteiger partial charge in [0.05, 0.1) is 18.7 Å². The van der Waals surface area contributed by atoms with Gasteiger partial charge in [0, 0.05) is 11.3 Å². The van der Waals surface area contributed by atoms with E-state index in [0.29, 0.717) is 41.0 Å². The lowest BCUT2D eigenvalue weighted by Crippen LogP contribution is -2.52. The Morgan fingerprint density at radius 1 is 0.852 bits per heavy atom. The van der Waals surface area contributed by atoms with Crippen molar-refractivity contribution in [1.29, 1.82) is 0 Å². The number of hydrogen-bond acceptors (Lipinski definition) is 8. The Bertz CT molecular complexity index is 2100. The van der Waals surface area contributed by atoms with Gasteiger partial charge in [-0.05, 0) is 78.3 Å². The van der Waals surface area contributed by atoms with Gasteiger partial charge in [0.15, 0.2) is 0 Å². The van der Waals surface area contributed by atoms with Crippen molar-refractivity contribution in [2.45, 2.75) is 73.8 Å². The number of cyclic esters (lactones) is 1. The molecular weight excluding hydrogens is 684 g/mol. The van der Waals surface area contributed by atoms with E-state index in [1.807, 2.05) is 65.6 Å². The second-order valence-electron chi connectivity index (χ2n) is 14.7. The van der Waals surface area contributed by atoms with Crippen LogP contribution in [-0.2, 0) is 24.5 Å². The van der Waals surface area contributed by atoms with Crippen LogP contribution in [0.1, 0.15) is 84.5 Å². The summed E-state index contributed by atoms with van der Waals surface area (Å²) in [6.07, 6.45) is 4.14. The van der Waals surface area contributed by atoms with Gasteiger partial charge in [-0.25, -0.2) is 0 Å². The number of morpholine rings is 1. The number of nitrogens with one attached hydrogen (secondary N) is 1. The first-order valence-corrected chi connectivity index (χ1v) is 18.6. The molecule has 3 aliphatic heterocycles. The highest BCUT2D eigenvalue weighted by Gasteiger charge is 2.74. The fourth-order valence-corrected chi connectivity index (χ4v) is 9.19. The molecule has 1 spiro atoms. The smallest absolute Gasteiger partial charge is 0.325 e. The Morgan fingerprint density at radius 2 is 1.52 bits per heavy atom. The molecule has 4 N–H and O–H groups in total. The van der Waals surface area contributed by atoms with E-state index in [1.165, 1.54) is 0 Å². The Hall–Kier alpha value is -5.47. The Morgan fingerprint density at radius 3 is 2.17 bits per heavy atom. The van der Waals surface area contributed by atoms with Crippen LogP contribution in [0.15, 0.2) is 103 Å². The number of aliphatic hydroxyl groups is 2. The van der Waals surface area contributed by atoms with Crippen molar-refractivity contribution in [3.8, 4) is 17.6 Å². The predicted octanol–water partition coefficient (Wildman–Crippen LogP) is 5.85. The number of anilines is 1. The summed E-state index contributed by atoms with van der Waals surface area (Å²) >= 11 is 0. The van der Waals surface area contributed by atoms with Gasteiger partial charge in [0.2, 0.25) is 5.91 Å². The average molecular weight is 727 g/mol. The molecular formula is C44H42N2O8. The molecule has 10 heteroatoms. The van der Waals surface area contributed by atoms with Gasteiger partial charge in [-0.1, -0.05) is 97.5 Å². The predicted molar refractivity (Wildman–Crippen MR) is 199 cm³/mol. The summed E-state index contributed by atoms with van der Waals surface area (Å²) in [5, 5.41) is 35.0. The number of rotatable bonds is 7. The lowest BCUT2D eigenvalue weighted by atomic mass is 9.65. The third kappa shape index (κ3) is 6.02. The van der Waals surface area contributed by atoms with E-state index in [1.54, 1.807) is 42.5 Å². The van der Waals surface area contributed by atoms with E-state index in [4.69, 9.17) is 9.47 Å². The van der Waals surface area contributed by atoms with Crippen LogP contribution in [-0.4, -0.2) is 62.9 Å². The number of carboxylic acid groups (broad SMARTS) is 1. The normalized spacial score (nSPS) is 27.1. The lowest BCUT2D eigenvalue weighted by molar-refractivity contribution is -0.179. The zero-order valence-corrected chi connectivity index (χ0v) is 29.7. The van der Waals surface area contributed by atoms with Crippen molar-refractivity contribution >= 4 is 23.5 Å². The largest absolute Gasteiger partial charge is 0.491 e. The maximum Gasteiger partial charge on any atom is 0.325 e. The first-order chi connectivity index (χ1) is 26.2. The molecule has 1 aliphatic carbocycles. The summed E-state index contributed by atoms with van der Waals surface area (Å²) in [6, 6.07) is 28.1. The number of fused-ring (bicyclic) bond motifs is 3. The van der Waals surface area contributed by atoms with Gasteiger partial charge in [0.1, 0.15) is 41.4 Å². The van der Waals surface area contributed by atoms with Gasteiger partial charge in [-0.15, -0.1) is 0 Å². The second-order valence-corrected chi connectivity index (χ2v) is 14.7. The van der Waals surface area contributed by atoms with Gasteiger partial charge >= 0.3 is 11.9 Å². The lowest BCUT2D eigenvalue weighted by Gasteiger charge is -2.46. The van der Waals surface area contributed by atoms with E-state index in [0.717, 1.165) is 36.8 Å². The molecule has 2 saturated heterocycles. The van der Waals surface area contributed by atoms with E-state index in [2.05, 4.69) is 17.2 Å². The molecule has 4 aromatic rings. The van der Waals surface area contributed by atoms with Crippen LogP contribution < -0.4 is 10.1 Å². The van der Waals surface area contributed by atoms with E-state index in [9.17, 15) is 29.7 Å². The number of carbonyl (C=O) groups is 3. The number of esters is 1. The fraction of sp³-hybridized carbons (Fsp3) is 0.341. The topological polar surface area (TPSA) is 146 Å². The molecule has 0 radical (unpaired) electrons. The molecule has 276 valence electrons. The van der Waals surface area contributed by atoms with Gasteiger partial charge in [-0.2, -0.15) is 0 Å². The molecule has 10 nitrogen and oxygen atoms in total. The average Bonchev–Trinajstić information content (AvgIpc) is 3.56. The minimum Gasteiger partial charge on any atom is -0.491 e. The van der Waals surface area contributed by atoms with Gasteiger partial charge in [-0.3, -0.25) is 19.3 Å². The van der Waals surface area contributed by atoms with Crippen molar-refractivity contribution in [2.75, 3.05) is 18.5 Å². The quantitative estimate of drug-likeness (QED) is 0.105. The minimum atomic E-state index is -1.83. The minimum absolute atomic E-state index is 0.0808. The van der Waals surface area contributed by atoms with Crippen molar-refractivity contribution in [1.82, 2.24) is 4.90 Å². The number of carbonyl (C=O) groups excluding carboxylic acids is 2. The summed E-state index contributed by atoms with van der Waals surface area (Å²) in [5.41, 5.74) is 0.503. The summed E-state index contributed by atoms with van der Waals surface area (Å²) in [4.78, 5) is 45.2.